The Morgan fingerprint density at radius 2 is 2.44 bits per heavy atom. The van der Waals surface area contributed by atoms with E-state index in [1.54, 1.807) is 24.3 Å². The van der Waals surface area contributed by atoms with Gasteiger partial charge in [-0.3, -0.25) is 4.79 Å². The molecule has 18 heavy (non-hydrogen) atoms. The molecule has 0 spiro atoms. The number of ether oxygens (including phenoxy) is 1. The second-order valence-corrected chi connectivity index (χ2v) is 4.19. The standard InChI is InChI=1S/C14H14FNO2/c1-2-11-4-3-5-13(8-11)18-10-14(17)16-7-6-12(15)9-16/h1,3-5,8,12H,6-7,9-10H2. The highest BCUT2D eigenvalue weighted by Gasteiger charge is 2.25. The maximum absolute atomic E-state index is 12.9. The van der Waals surface area contributed by atoms with Crippen LogP contribution in [0.3, 0.4) is 0 Å². The van der Waals surface area contributed by atoms with Gasteiger partial charge in [-0.15, -0.1) is 6.42 Å². The van der Waals surface area contributed by atoms with Gasteiger partial charge in [-0.05, 0) is 24.6 Å². The number of halogens is 1. The summed E-state index contributed by atoms with van der Waals surface area (Å²) in [5, 5.41) is 0. The Bertz CT molecular complexity index is 481. The first-order chi connectivity index (χ1) is 8.69. The van der Waals surface area contributed by atoms with Crippen LogP contribution in [0.4, 0.5) is 4.39 Å². The lowest BCUT2D eigenvalue weighted by atomic mass is 10.2. The summed E-state index contributed by atoms with van der Waals surface area (Å²) in [5.74, 6) is 2.85. The van der Waals surface area contributed by atoms with Crippen molar-refractivity contribution in [1.82, 2.24) is 4.90 Å². The van der Waals surface area contributed by atoms with Crippen LogP contribution >= 0.6 is 0 Å². The Morgan fingerprint density at radius 1 is 1.61 bits per heavy atom. The first kappa shape index (κ1) is 12.4. The fourth-order valence-corrected chi connectivity index (χ4v) is 1.86. The number of likely N-dealkylation sites (tertiary alicyclic amines) is 1. The molecule has 3 nitrogen and oxygen atoms in total. The molecular formula is C14H14FNO2. The summed E-state index contributed by atoms with van der Waals surface area (Å²) < 4.78 is 18.3. The molecule has 1 aliphatic heterocycles. The van der Waals surface area contributed by atoms with Gasteiger partial charge in [-0.1, -0.05) is 12.0 Å². The molecule has 1 fully saturated rings. The van der Waals surface area contributed by atoms with E-state index >= 15 is 0 Å². The van der Waals surface area contributed by atoms with E-state index < -0.39 is 6.17 Å². The number of carbonyl (C=O) groups excluding carboxylic acids is 1. The van der Waals surface area contributed by atoms with Crippen LogP contribution < -0.4 is 4.74 Å². The van der Waals surface area contributed by atoms with Crippen LogP contribution in [0.25, 0.3) is 0 Å². The number of hydrogen-bond acceptors (Lipinski definition) is 2. The third-order valence-electron chi connectivity index (χ3n) is 2.85. The van der Waals surface area contributed by atoms with Gasteiger partial charge < -0.3 is 9.64 Å². The van der Waals surface area contributed by atoms with Crippen LogP contribution in [0.1, 0.15) is 12.0 Å². The predicted molar refractivity (Wildman–Crippen MR) is 66.0 cm³/mol. The van der Waals surface area contributed by atoms with Crippen molar-refractivity contribution in [2.75, 3.05) is 19.7 Å². The fourth-order valence-electron chi connectivity index (χ4n) is 1.86. The summed E-state index contributed by atoms with van der Waals surface area (Å²) in [5.41, 5.74) is 0.699. The van der Waals surface area contributed by atoms with E-state index in [2.05, 4.69) is 5.92 Å². The Kier molecular flexibility index (Phi) is 3.83. The van der Waals surface area contributed by atoms with Gasteiger partial charge in [-0.25, -0.2) is 4.39 Å². The van der Waals surface area contributed by atoms with Crippen molar-refractivity contribution in [2.24, 2.45) is 0 Å². The molecule has 0 saturated carbocycles. The van der Waals surface area contributed by atoms with Crippen LogP contribution in [0, 0.1) is 12.3 Å². The Morgan fingerprint density at radius 3 is 3.11 bits per heavy atom. The number of alkyl halides is 1. The largest absolute Gasteiger partial charge is 0.484 e. The molecule has 94 valence electrons. The highest BCUT2D eigenvalue weighted by molar-refractivity contribution is 5.78. The van der Waals surface area contributed by atoms with E-state index in [0.29, 0.717) is 24.3 Å². The number of terminal acetylenes is 1. The molecule has 1 aliphatic rings. The molecule has 0 radical (unpaired) electrons. The number of amides is 1. The molecule has 1 heterocycles. The van der Waals surface area contributed by atoms with Gasteiger partial charge in [0.25, 0.3) is 5.91 Å². The zero-order chi connectivity index (χ0) is 13.0. The van der Waals surface area contributed by atoms with Gasteiger partial charge in [0.05, 0.1) is 6.54 Å². The summed E-state index contributed by atoms with van der Waals surface area (Å²) in [4.78, 5) is 13.2. The minimum absolute atomic E-state index is 0.0826. The van der Waals surface area contributed by atoms with Gasteiger partial charge in [0.15, 0.2) is 6.61 Å². The van der Waals surface area contributed by atoms with Crippen molar-refractivity contribution in [3.63, 3.8) is 0 Å². The second-order valence-electron chi connectivity index (χ2n) is 4.19. The zero-order valence-electron chi connectivity index (χ0n) is 9.93. The van der Waals surface area contributed by atoms with Crippen molar-refractivity contribution in [3.8, 4) is 18.1 Å². The number of benzene rings is 1. The van der Waals surface area contributed by atoms with Crippen molar-refractivity contribution >= 4 is 5.91 Å². The van der Waals surface area contributed by atoms with Gasteiger partial charge in [0.2, 0.25) is 0 Å². The Labute approximate surface area is 106 Å². The molecular weight excluding hydrogens is 233 g/mol. The van der Waals surface area contributed by atoms with Crippen molar-refractivity contribution < 1.29 is 13.9 Å². The average molecular weight is 247 g/mol. The van der Waals surface area contributed by atoms with Crippen LogP contribution in [0.5, 0.6) is 5.75 Å². The van der Waals surface area contributed by atoms with Gasteiger partial charge in [0.1, 0.15) is 11.9 Å². The molecule has 1 amide bonds. The van der Waals surface area contributed by atoms with E-state index in [1.165, 1.54) is 4.90 Å². The maximum atomic E-state index is 12.9. The minimum Gasteiger partial charge on any atom is -0.484 e. The molecule has 0 bridgehead atoms. The molecule has 0 aliphatic carbocycles. The normalized spacial score (nSPS) is 18.4. The molecule has 1 aromatic carbocycles. The SMILES string of the molecule is C#Cc1cccc(OCC(=O)N2CCC(F)C2)c1. The van der Waals surface area contributed by atoms with Gasteiger partial charge in [0, 0.05) is 12.1 Å². The third-order valence-corrected chi connectivity index (χ3v) is 2.85. The van der Waals surface area contributed by atoms with Crippen LogP contribution in [0.2, 0.25) is 0 Å². The summed E-state index contributed by atoms with van der Waals surface area (Å²) >= 11 is 0. The van der Waals surface area contributed by atoms with Crippen LogP contribution in [-0.4, -0.2) is 36.7 Å². The summed E-state index contributed by atoms with van der Waals surface area (Å²) in [6.07, 6.45) is 4.78. The lowest BCUT2D eigenvalue weighted by Crippen LogP contribution is -2.33. The van der Waals surface area contributed by atoms with E-state index in [9.17, 15) is 9.18 Å². The molecule has 2 rings (SSSR count). The van der Waals surface area contributed by atoms with Crippen molar-refractivity contribution in [1.29, 1.82) is 0 Å². The van der Waals surface area contributed by atoms with E-state index in [1.807, 2.05) is 0 Å². The van der Waals surface area contributed by atoms with Gasteiger partial charge >= 0.3 is 0 Å². The predicted octanol–water partition coefficient (Wildman–Crippen LogP) is 1.62. The lowest BCUT2D eigenvalue weighted by Gasteiger charge is -2.15. The van der Waals surface area contributed by atoms with E-state index in [-0.39, 0.29) is 19.1 Å². The lowest BCUT2D eigenvalue weighted by molar-refractivity contribution is -0.132. The molecule has 1 saturated heterocycles. The van der Waals surface area contributed by atoms with E-state index in [4.69, 9.17) is 11.2 Å². The smallest absolute Gasteiger partial charge is 0.260 e. The number of nitrogens with zero attached hydrogens (tertiary/aromatic N) is 1. The third kappa shape index (κ3) is 3.01. The van der Waals surface area contributed by atoms with Gasteiger partial charge in [-0.2, -0.15) is 0 Å². The number of rotatable bonds is 3. The molecule has 0 aromatic heterocycles. The van der Waals surface area contributed by atoms with Crippen LogP contribution in [-0.2, 0) is 4.79 Å². The number of hydrogen-bond donors (Lipinski definition) is 0. The van der Waals surface area contributed by atoms with E-state index in [0.717, 1.165) is 0 Å². The fraction of sp³-hybridized carbons (Fsp3) is 0.357. The zero-order valence-corrected chi connectivity index (χ0v) is 9.93. The Hall–Kier alpha value is -2.02. The quantitative estimate of drug-likeness (QED) is 0.760. The second kappa shape index (κ2) is 5.54. The average Bonchev–Trinajstić information content (AvgIpc) is 2.83. The molecule has 4 heteroatoms. The molecule has 0 N–H and O–H groups in total. The number of carbonyl (C=O) groups is 1. The maximum Gasteiger partial charge on any atom is 0.260 e. The molecule has 1 aromatic rings. The highest BCUT2D eigenvalue weighted by Crippen LogP contribution is 2.15. The Balaban J connectivity index is 1.87. The highest BCUT2D eigenvalue weighted by atomic mass is 19.1. The molecule has 1 unspecified atom stereocenters. The van der Waals surface area contributed by atoms with Crippen molar-refractivity contribution in [3.05, 3.63) is 29.8 Å². The van der Waals surface area contributed by atoms with Crippen LogP contribution in [0.15, 0.2) is 24.3 Å². The first-order valence-corrected chi connectivity index (χ1v) is 5.80. The topological polar surface area (TPSA) is 29.5 Å². The summed E-state index contributed by atoms with van der Waals surface area (Å²) in [6.45, 7) is 0.557. The van der Waals surface area contributed by atoms with Crippen molar-refractivity contribution in [2.45, 2.75) is 12.6 Å². The summed E-state index contributed by atoms with van der Waals surface area (Å²) in [7, 11) is 0. The minimum atomic E-state index is -0.904. The summed E-state index contributed by atoms with van der Waals surface area (Å²) in [6, 6.07) is 6.97. The first-order valence-electron chi connectivity index (χ1n) is 5.80. The monoisotopic (exact) mass is 247 g/mol. The molecule has 1 atom stereocenters.